The van der Waals surface area contributed by atoms with Gasteiger partial charge in [-0.2, -0.15) is 0 Å². The van der Waals surface area contributed by atoms with E-state index in [1.165, 1.54) is 12.1 Å². The first-order valence-corrected chi connectivity index (χ1v) is 7.65. The van der Waals surface area contributed by atoms with Crippen molar-refractivity contribution in [2.45, 2.75) is 32.6 Å². The van der Waals surface area contributed by atoms with Gasteiger partial charge in [-0.1, -0.05) is 24.3 Å². The van der Waals surface area contributed by atoms with Gasteiger partial charge in [0, 0.05) is 5.56 Å². The molecule has 2 aromatic rings. The van der Waals surface area contributed by atoms with Crippen LogP contribution in [0.4, 0.5) is 4.39 Å². The van der Waals surface area contributed by atoms with Crippen LogP contribution in [0.5, 0.6) is 5.75 Å². The van der Waals surface area contributed by atoms with Gasteiger partial charge in [0.05, 0.1) is 12.5 Å². The molecule has 0 radical (unpaired) electrons. The summed E-state index contributed by atoms with van der Waals surface area (Å²) < 4.78 is 19.4. The van der Waals surface area contributed by atoms with Gasteiger partial charge in [-0.3, -0.25) is 4.79 Å². The van der Waals surface area contributed by atoms with Crippen LogP contribution in [-0.4, -0.2) is 17.7 Å². The normalized spacial score (nSPS) is 12.0. The molecule has 0 aliphatic heterocycles. The van der Waals surface area contributed by atoms with Crippen LogP contribution in [0.2, 0.25) is 0 Å². The lowest BCUT2D eigenvalue weighted by Gasteiger charge is -2.14. The molecular weight excluding hydrogens is 295 g/mol. The predicted octanol–water partition coefficient (Wildman–Crippen LogP) is 4.47. The van der Waals surface area contributed by atoms with Crippen molar-refractivity contribution in [2.24, 2.45) is 0 Å². The summed E-state index contributed by atoms with van der Waals surface area (Å²) in [7, 11) is 0. The lowest BCUT2D eigenvalue weighted by molar-refractivity contribution is -0.139. The molecule has 23 heavy (non-hydrogen) atoms. The number of rotatable bonds is 7. The average molecular weight is 316 g/mol. The third kappa shape index (κ3) is 4.81. The number of halogens is 1. The fraction of sp³-hybridized carbons (Fsp3) is 0.316. The van der Waals surface area contributed by atoms with Crippen LogP contribution < -0.4 is 4.74 Å². The molecule has 0 bridgehead atoms. The predicted molar refractivity (Wildman–Crippen MR) is 87.4 cm³/mol. The van der Waals surface area contributed by atoms with Crippen LogP contribution in [0.1, 0.15) is 35.4 Å². The van der Waals surface area contributed by atoms with Crippen molar-refractivity contribution in [3.05, 3.63) is 65.0 Å². The highest BCUT2D eigenvalue weighted by molar-refractivity contribution is 5.76. The summed E-state index contributed by atoms with van der Waals surface area (Å²) in [4.78, 5) is 11.4. The van der Waals surface area contributed by atoms with Crippen molar-refractivity contribution in [1.29, 1.82) is 0 Å². The lowest BCUT2D eigenvalue weighted by atomic mass is 9.94. The third-order valence-electron chi connectivity index (χ3n) is 3.68. The van der Waals surface area contributed by atoms with Crippen molar-refractivity contribution in [3.8, 4) is 5.75 Å². The SMILES string of the molecule is Cc1cc(C)cc(OCCCC(C(=O)O)c2ccccc2F)c1. The molecule has 2 rings (SSSR count). The summed E-state index contributed by atoms with van der Waals surface area (Å²) in [5.41, 5.74) is 2.47. The Morgan fingerprint density at radius 2 is 1.83 bits per heavy atom. The van der Waals surface area contributed by atoms with Crippen LogP contribution in [0.3, 0.4) is 0 Å². The Kier molecular flexibility index (Phi) is 5.74. The summed E-state index contributed by atoms with van der Waals surface area (Å²) in [6.07, 6.45) is 0.874. The number of carboxylic acids is 1. The highest BCUT2D eigenvalue weighted by atomic mass is 19.1. The van der Waals surface area contributed by atoms with Gasteiger partial charge in [-0.05, 0) is 56.0 Å². The number of aryl methyl sites for hydroxylation is 2. The third-order valence-corrected chi connectivity index (χ3v) is 3.68. The van der Waals surface area contributed by atoms with Gasteiger partial charge in [0.2, 0.25) is 0 Å². The van der Waals surface area contributed by atoms with E-state index in [9.17, 15) is 14.3 Å². The molecule has 0 amide bonds. The zero-order chi connectivity index (χ0) is 16.8. The van der Waals surface area contributed by atoms with Crippen molar-refractivity contribution < 1.29 is 19.0 Å². The van der Waals surface area contributed by atoms with E-state index in [0.29, 0.717) is 19.4 Å². The molecule has 122 valence electrons. The van der Waals surface area contributed by atoms with Crippen molar-refractivity contribution in [2.75, 3.05) is 6.61 Å². The molecule has 2 aromatic carbocycles. The van der Waals surface area contributed by atoms with E-state index in [4.69, 9.17) is 4.74 Å². The smallest absolute Gasteiger partial charge is 0.311 e. The van der Waals surface area contributed by atoms with Gasteiger partial charge in [0.1, 0.15) is 11.6 Å². The second-order valence-electron chi connectivity index (χ2n) is 5.73. The topological polar surface area (TPSA) is 46.5 Å². The molecule has 0 aliphatic carbocycles. The highest BCUT2D eigenvalue weighted by Gasteiger charge is 2.22. The minimum absolute atomic E-state index is 0.228. The molecule has 1 atom stereocenters. The molecule has 0 saturated carbocycles. The number of hydrogen-bond donors (Lipinski definition) is 1. The summed E-state index contributed by atoms with van der Waals surface area (Å²) in [5, 5.41) is 9.33. The van der Waals surface area contributed by atoms with Crippen molar-refractivity contribution in [1.82, 2.24) is 0 Å². The van der Waals surface area contributed by atoms with E-state index in [0.717, 1.165) is 16.9 Å². The summed E-state index contributed by atoms with van der Waals surface area (Å²) in [6.45, 7) is 4.40. The molecular formula is C19H21FO3. The number of carboxylic acid groups (broad SMARTS) is 1. The number of benzene rings is 2. The van der Waals surface area contributed by atoms with E-state index >= 15 is 0 Å². The Balaban J connectivity index is 1.93. The molecule has 0 saturated heterocycles. The van der Waals surface area contributed by atoms with Gasteiger partial charge in [-0.25, -0.2) is 4.39 Å². The van der Waals surface area contributed by atoms with Gasteiger partial charge < -0.3 is 9.84 Å². The maximum Gasteiger partial charge on any atom is 0.311 e. The van der Waals surface area contributed by atoms with Crippen LogP contribution in [-0.2, 0) is 4.79 Å². The van der Waals surface area contributed by atoms with Gasteiger partial charge >= 0.3 is 5.97 Å². The maximum absolute atomic E-state index is 13.8. The monoisotopic (exact) mass is 316 g/mol. The number of ether oxygens (including phenoxy) is 1. The standard InChI is InChI=1S/C19H21FO3/c1-13-10-14(2)12-15(11-13)23-9-5-7-17(19(21)22)16-6-3-4-8-18(16)20/h3-4,6,8,10-12,17H,5,7,9H2,1-2H3,(H,21,22). The first-order valence-electron chi connectivity index (χ1n) is 7.65. The fourth-order valence-electron chi connectivity index (χ4n) is 2.66. The first kappa shape index (κ1) is 17.0. The molecule has 0 heterocycles. The van der Waals surface area contributed by atoms with Gasteiger partial charge in [0.25, 0.3) is 0 Å². The maximum atomic E-state index is 13.8. The minimum atomic E-state index is -1.01. The number of aliphatic carboxylic acids is 1. The van der Waals surface area contributed by atoms with Crippen molar-refractivity contribution >= 4 is 5.97 Å². The second-order valence-corrected chi connectivity index (χ2v) is 5.73. The number of carbonyl (C=O) groups is 1. The quantitative estimate of drug-likeness (QED) is 0.767. The van der Waals surface area contributed by atoms with E-state index in [2.05, 4.69) is 6.07 Å². The van der Waals surface area contributed by atoms with Crippen LogP contribution >= 0.6 is 0 Å². The molecule has 4 heteroatoms. The van der Waals surface area contributed by atoms with Crippen molar-refractivity contribution in [3.63, 3.8) is 0 Å². The van der Waals surface area contributed by atoms with Gasteiger partial charge in [0.15, 0.2) is 0 Å². The average Bonchev–Trinajstić information content (AvgIpc) is 2.47. The highest BCUT2D eigenvalue weighted by Crippen LogP contribution is 2.24. The Hall–Kier alpha value is -2.36. The number of hydrogen-bond acceptors (Lipinski definition) is 2. The van der Waals surface area contributed by atoms with Crippen LogP contribution in [0, 0.1) is 19.7 Å². The van der Waals surface area contributed by atoms with E-state index in [1.807, 2.05) is 26.0 Å². The Morgan fingerprint density at radius 1 is 1.17 bits per heavy atom. The van der Waals surface area contributed by atoms with Crippen LogP contribution in [0.25, 0.3) is 0 Å². The first-order chi connectivity index (χ1) is 11.0. The summed E-state index contributed by atoms with van der Waals surface area (Å²) in [6, 6.07) is 12.0. The Morgan fingerprint density at radius 3 is 2.43 bits per heavy atom. The van der Waals surface area contributed by atoms with E-state index in [-0.39, 0.29) is 5.56 Å². The fourth-order valence-corrected chi connectivity index (χ4v) is 2.66. The largest absolute Gasteiger partial charge is 0.494 e. The molecule has 3 nitrogen and oxygen atoms in total. The van der Waals surface area contributed by atoms with E-state index in [1.54, 1.807) is 12.1 Å². The van der Waals surface area contributed by atoms with E-state index < -0.39 is 17.7 Å². The minimum Gasteiger partial charge on any atom is -0.494 e. The summed E-state index contributed by atoms with van der Waals surface area (Å²) in [5.74, 6) is -1.56. The zero-order valence-corrected chi connectivity index (χ0v) is 13.4. The molecule has 1 N–H and O–H groups in total. The lowest BCUT2D eigenvalue weighted by Crippen LogP contribution is -2.14. The van der Waals surface area contributed by atoms with Crippen LogP contribution in [0.15, 0.2) is 42.5 Å². The zero-order valence-electron chi connectivity index (χ0n) is 13.4. The molecule has 0 fully saturated rings. The molecule has 0 aliphatic rings. The molecule has 0 aromatic heterocycles. The molecule has 0 spiro atoms. The Labute approximate surface area is 135 Å². The van der Waals surface area contributed by atoms with Gasteiger partial charge in [-0.15, -0.1) is 0 Å². The molecule has 1 unspecified atom stereocenters. The Bertz CT molecular complexity index is 662. The second kappa shape index (κ2) is 7.77. The summed E-state index contributed by atoms with van der Waals surface area (Å²) >= 11 is 0.